The molecule has 0 aromatic heterocycles. The summed E-state index contributed by atoms with van der Waals surface area (Å²) >= 11 is 0. The molecule has 4 atom stereocenters. The molecule has 1 rings (SSSR count). The minimum Gasteiger partial charge on any atom is -0.0851 e. The van der Waals surface area contributed by atoms with Crippen molar-refractivity contribution in [1.29, 1.82) is 0 Å². The number of hydrogen-bond acceptors (Lipinski definition) is 0. The van der Waals surface area contributed by atoms with E-state index in [1.807, 2.05) is 0 Å². The molecule has 0 aliphatic heterocycles. The first-order chi connectivity index (χ1) is 18.5. The molecule has 0 saturated heterocycles. The normalized spacial score (nSPS) is 18.4. The maximum absolute atomic E-state index is 2.71. The molecular formula is C38H74. The van der Waals surface area contributed by atoms with Crippen LogP contribution in [0.2, 0.25) is 0 Å². The summed E-state index contributed by atoms with van der Waals surface area (Å²) in [5.41, 5.74) is 1.79. The fraction of sp³-hybridized carbons (Fsp3) is 0.947. The summed E-state index contributed by atoms with van der Waals surface area (Å²) in [5.74, 6) is 4.58. The van der Waals surface area contributed by atoms with Gasteiger partial charge in [0.2, 0.25) is 0 Å². The number of hydrogen-bond donors (Lipinski definition) is 0. The van der Waals surface area contributed by atoms with E-state index in [9.17, 15) is 0 Å². The van der Waals surface area contributed by atoms with Gasteiger partial charge in [0.05, 0.1) is 0 Å². The van der Waals surface area contributed by atoms with Crippen LogP contribution in [-0.2, 0) is 0 Å². The molecule has 0 amide bonds. The monoisotopic (exact) mass is 531 g/mol. The van der Waals surface area contributed by atoms with E-state index in [1.165, 1.54) is 161 Å². The predicted molar refractivity (Wildman–Crippen MR) is 175 cm³/mol. The second-order valence-electron chi connectivity index (χ2n) is 13.8. The lowest BCUT2D eigenvalue weighted by Gasteiger charge is -2.32. The van der Waals surface area contributed by atoms with Crippen LogP contribution in [0.5, 0.6) is 0 Å². The van der Waals surface area contributed by atoms with Gasteiger partial charge in [-0.2, -0.15) is 0 Å². The van der Waals surface area contributed by atoms with Crippen molar-refractivity contribution in [2.24, 2.45) is 29.6 Å². The Morgan fingerprint density at radius 3 is 1.82 bits per heavy atom. The van der Waals surface area contributed by atoms with Crippen molar-refractivity contribution >= 4 is 0 Å². The molecule has 4 unspecified atom stereocenters. The van der Waals surface area contributed by atoms with Gasteiger partial charge in [-0.1, -0.05) is 182 Å². The maximum atomic E-state index is 2.71. The highest BCUT2D eigenvalue weighted by Crippen LogP contribution is 2.37. The summed E-state index contributed by atoms with van der Waals surface area (Å²) in [5, 5.41) is 0. The second kappa shape index (κ2) is 24.5. The van der Waals surface area contributed by atoms with Crippen molar-refractivity contribution in [2.75, 3.05) is 0 Å². The molecule has 0 heterocycles. The zero-order valence-electron chi connectivity index (χ0n) is 27.6. The van der Waals surface area contributed by atoms with E-state index in [0.717, 1.165) is 29.6 Å². The van der Waals surface area contributed by atoms with Crippen molar-refractivity contribution in [3.05, 3.63) is 11.6 Å². The predicted octanol–water partition coefficient (Wildman–Crippen LogP) is 13.9. The molecule has 1 saturated carbocycles. The quantitative estimate of drug-likeness (QED) is 0.0813. The van der Waals surface area contributed by atoms with E-state index in [2.05, 4.69) is 47.6 Å². The molecule has 0 aromatic rings. The highest BCUT2D eigenvalue weighted by atomic mass is 14.3. The second-order valence-corrected chi connectivity index (χ2v) is 13.8. The largest absolute Gasteiger partial charge is 0.0851 e. The Kier molecular flexibility index (Phi) is 23.1. The standard InChI is InChI=1S/C38H74/c1-7-10-12-14-15-17-19-26-33(4)32-38(37-29-21-18-22-30-37)31-24-23-28-36(25-9-3)35(6)34(5)27-20-16-13-11-8-2/h28,33-35,37-38H,7-27,29-32H2,1-6H3/b36-28+. The minimum atomic E-state index is 0.775. The first-order valence-corrected chi connectivity index (χ1v) is 18.2. The fourth-order valence-corrected chi connectivity index (χ4v) is 7.39. The van der Waals surface area contributed by atoms with Crippen LogP contribution in [0.1, 0.15) is 202 Å². The van der Waals surface area contributed by atoms with E-state index in [1.54, 1.807) is 5.57 Å². The van der Waals surface area contributed by atoms with Gasteiger partial charge >= 0.3 is 0 Å². The lowest BCUT2D eigenvalue weighted by molar-refractivity contribution is 0.196. The first kappa shape index (κ1) is 35.8. The Hall–Kier alpha value is -0.260. The summed E-state index contributed by atoms with van der Waals surface area (Å²) < 4.78 is 0. The number of unbranched alkanes of at least 4 members (excludes halogenated alkanes) is 11. The molecule has 0 radical (unpaired) electrons. The molecule has 1 fully saturated rings. The van der Waals surface area contributed by atoms with Crippen LogP contribution < -0.4 is 0 Å². The van der Waals surface area contributed by atoms with Crippen molar-refractivity contribution in [3.8, 4) is 0 Å². The molecule has 0 N–H and O–H groups in total. The van der Waals surface area contributed by atoms with Crippen molar-refractivity contribution < 1.29 is 0 Å². The van der Waals surface area contributed by atoms with Gasteiger partial charge in [0.1, 0.15) is 0 Å². The molecular weight excluding hydrogens is 456 g/mol. The van der Waals surface area contributed by atoms with Gasteiger partial charge in [-0.25, -0.2) is 0 Å². The van der Waals surface area contributed by atoms with Gasteiger partial charge in [0.15, 0.2) is 0 Å². The van der Waals surface area contributed by atoms with Gasteiger partial charge in [0, 0.05) is 0 Å². The molecule has 1 aliphatic carbocycles. The zero-order valence-corrected chi connectivity index (χ0v) is 27.6. The summed E-state index contributed by atoms with van der Waals surface area (Å²) in [6, 6.07) is 0. The van der Waals surface area contributed by atoms with Crippen molar-refractivity contribution in [1.82, 2.24) is 0 Å². The molecule has 38 heavy (non-hydrogen) atoms. The van der Waals surface area contributed by atoms with E-state index in [4.69, 9.17) is 0 Å². The smallest absolute Gasteiger partial charge is 0.0206 e. The molecule has 0 spiro atoms. The van der Waals surface area contributed by atoms with Gasteiger partial charge in [-0.05, 0) is 61.7 Å². The Morgan fingerprint density at radius 1 is 0.632 bits per heavy atom. The van der Waals surface area contributed by atoms with E-state index in [0.29, 0.717) is 0 Å². The lowest BCUT2D eigenvalue weighted by Crippen LogP contribution is -2.20. The molecule has 1 aliphatic rings. The first-order valence-electron chi connectivity index (χ1n) is 18.2. The van der Waals surface area contributed by atoms with Crippen LogP contribution in [0.4, 0.5) is 0 Å². The third-order valence-corrected chi connectivity index (χ3v) is 10.2. The molecule has 0 bridgehead atoms. The van der Waals surface area contributed by atoms with Crippen molar-refractivity contribution in [3.63, 3.8) is 0 Å². The third-order valence-electron chi connectivity index (χ3n) is 10.2. The Balaban J connectivity index is 2.50. The Bertz CT molecular complexity index is 524. The van der Waals surface area contributed by atoms with Gasteiger partial charge in [0.25, 0.3) is 0 Å². The van der Waals surface area contributed by atoms with E-state index >= 15 is 0 Å². The molecule has 0 aromatic carbocycles. The summed E-state index contributed by atoms with van der Waals surface area (Å²) in [6.07, 6.45) is 38.8. The number of rotatable bonds is 25. The van der Waals surface area contributed by atoms with Crippen LogP contribution in [0.25, 0.3) is 0 Å². The lowest BCUT2D eigenvalue weighted by atomic mass is 9.74. The van der Waals surface area contributed by atoms with Crippen LogP contribution in [0.15, 0.2) is 11.6 Å². The number of allylic oxidation sites excluding steroid dienone is 2. The zero-order chi connectivity index (χ0) is 27.8. The summed E-state index contributed by atoms with van der Waals surface area (Å²) in [6.45, 7) is 14.7. The van der Waals surface area contributed by atoms with Gasteiger partial charge in [-0.15, -0.1) is 0 Å². The Labute approximate surface area is 243 Å². The van der Waals surface area contributed by atoms with E-state index in [-0.39, 0.29) is 0 Å². The molecule has 0 heteroatoms. The van der Waals surface area contributed by atoms with Crippen LogP contribution in [0, 0.1) is 29.6 Å². The topological polar surface area (TPSA) is 0 Å². The van der Waals surface area contributed by atoms with Crippen molar-refractivity contribution in [2.45, 2.75) is 202 Å². The van der Waals surface area contributed by atoms with E-state index < -0.39 is 0 Å². The molecule has 226 valence electrons. The van der Waals surface area contributed by atoms with Crippen LogP contribution in [0.3, 0.4) is 0 Å². The third kappa shape index (κ3) is 17.4. The van der Waals surface area contributed by atoms with Crippen LogP contribution in [-0.4, -0.2) is 0 Å². The average Bonchev–Trinajstić information content (AvgIpc) is 2.93. The summed E-state index contributed by atoms with van der Waals surface area (Å²) in [7, 11) is 0. The highest BCUT2D eigenvalue weighted by molar-refractivity contribution is 5.07. The average molecular weight is 531 g/mol. The van der Waals surface area contributed by atoms with Gasteiger partial charge < -0.3 is 0 Å². The molecule has 0 nitrogen and oxygen atoms in total. The highest BCUT2D eigenvalue weighted by Gasteiger charge is 2.25. The minimum absolute atomic E-state index is 0.775. The Morgan fingerprint density at radius 2 is 1.21 bits per heavy atom. The maximum Gasteiger partial charge on any atom is -0.0206 e. The fourth-order valence-electron chi connectivity index (χ4n) is 7.39. The van der Waals surface area contributed by atoms with Gasteiger partial charge in [-0.3, -0.25) is 0 Å². The van der Waals surface area contributed by atoms with Crippen LogP contribution >= 0.6 is 0 Å². The summed E-state index contributed by atoms with van der Waals surface area (Å²) in [4.78, 5) is 0. The SMILES string of the molecule is CCCCCCCCCC(C)CC(CCC/C=C(\CCC)C(C)C(C)CCCCCCC)C1CCCCC1.